The number of aliphatic hydroxyl groups is 1. The first-order valence-electron chi connectivity index (χ1n) is 5.68. The molecule has 0 spiro atoms. The monoisotopic (exact) mass is 300 g/mol. The number of rotatable bonds is 6. The van der Waals surface area contributed by atoms with Crippen molar-refractivity contribution < 1.29 is 15.0 Å². The van der Waals surface area contributed by atoms with Gasteiger partial charge < -0.3 is 10.2 Å². The number of alkyl halides is 1. The minimum atomic E-state index is -1.43. The van der Waals surface area contributed by atoms with E-state index < -0.39 is 12.1 Å². The third-order valence-corrected chi connectivity index (χ3v) is 3.30. The van der Waals surface area contributed by atoms with Crippen LogP contribution in [0.5, 0.6) is 0 Å². The highest BCUT2D eigenvalue weighted by Gasteiger charge is 2.16. The first kappa shape index (κ1) is 14.2. The Morgan fingerprint density at radius 3 is 2.65 bits per heavy atom. The Morgan fingerprint density at radius 2 is 2.12 bits per heavy atom. The van der Waals surface area contributed by atoms with E-state index in [1.807, 2.05) is 13.0 Å². The molecule has 1 aromatic carbocycles. The van der Waals surface area contributed by atoms with Gasteiger partial charge in [0, 0.05) is 5.33 Å². The van der Waals surface area contributed by atoms with Crippen molar-refractivity contribution >= 4 is 21.9 Å². The average molecular weight is 301 g/mol. The molecule has 0 saturated carbocycles. The van der Waals surface area contributed by atoms with Gasteiger partial charge in [-0.1, -0.05) is 41.1 Å². The highest BCUT2D eigenvalue weighted by atomic mass is 79.9. The number of hydrogen-bond donors (Lipinski definition) is 2. The number of aryl methyl sites for hydroxylation is 2. The quantitative estimate of drug-likeness (QED) is 0.794. The number of aliphatic hydroxyl groups excluding tert-OH is 1. The zero-order valence-electron chi connectivity index (χ0n) is 9.82. The van der Waals surface area contributed by atoms with Gasteiger partial charge in [-0.15, -0.1) is 0 Å². The van der Waals surface area contributed by atoms with Crippen LogP contribution >= 0.6 is 15.9 Å². The number of carboxylic acids is 1. The highest BCUT2D eigenvalue weighted by Crippen LogP contribution is 2.20. The van der Waals surface area contributed by atoms with Crippen molar-refractivity contribution in [3.8, 4) is 0 Å². The molecule has 0 amide bonds. The molecule has 0 aliphatic carbocycles. The fourth-order valence-electron chi connectivity index (χ4n) is 1.79. The number of halogens is 1. The first-order valence-corrected chi connectivity index (χ1v) is 6.80. The molecule has 1 aromatic rings. The number of aliphatic carboxylic acids is 1. The molecule has 94 valence electrons. The van der Waals surface area contributed by atoms with E-state index in [9.17, 15) is 9.90 Å². The molecular formula is C13H17BrO3. The summed E-state index contributed by atoms with van der Waals surface area (Å²) < 4.78 is 0. The molecule has 0 radical (unpaired) electrons. The molecule has 4 heteroatoms. The summed E-state index contributed by atoms with van der Waals surface area (Å²) in [6, 6.07) is 5.41. The van der Waals surface area contributed by atoms with E-state index in [1.54, 1.807) is 12.1 Å². The molecule has 0 heterocycles. The number of carbonyl (C=O) groups is 1. The molecule has 17 heavy (non-hydrogen) atoms. The number of hydrogen-bond acceptors (Lipinski definition) is 2. The highest BCUT2D eigenvalue weighted by molar-refractivity contribution is 9.09. The van der Waals surface area contributed by atoms with Gasteiger partial charge in [-0.25, -0.2) is 4.79 Å². The van der Waals surface area contributed by atoms with Crippen LogP contribution in [0.1, 0.15) is 36.1 Å². The van der Waals surface area contributed by atoms with Crippen LogP contribution in [0.15, 0.2) is 18.2 Å². The summed E-state index contributed by atoms with van der Waals surface area (Å²) in [6.45, 7) is 2.03. The Hall–Kier alpha value is -0.870. The molecule has 0 bridgehead atoms. The molecule has 1 rings (SSSR count). The maximum Gasteiger partial charge on any atom is 0.337 e. The maximum atomic E-state index is 10.7. The summed E-state index contributed by atoms with van der Waals surface area (Å²) in [7, 11) is 0. The maximum absolute atomic E-state index is 10.7. The predicted molar refractivity (Wildman–Crippen MR) is 70.5 cm³/mol. The third-order valence-electron chi connectivity index (χ3n) is 2.74. The minimum Gasteiger partial charge on any atom is -0.479 e. The average Bonchev–Trinajstić information content (AvgIpc) is 2.35. The van der Waals surface area contributed by atoms with Gasteiger partial charge in [-0.2, -0.15) is 0 Å². The normalized spacial score (nSPS) is 12.4. The Morgan fingerprint density at radius 1 is 1.41 bits per heavy atom. The molecule has 0 aromatic heterocycles. The fourth-order valence-corrected chi connectivity index (χ4v) is 2.07. The van der Waals surface area contributed by atoms with E-state index in [2.05, 4.69) is 15.9 Å². The van der Waals surface area contributed by atoms with E-state index in [-0.39, 0.29) is 0 Å². The lowest BCUT2D eigenvalue weighted by Crippen LogP contribution is -2.11. The van der Waals surface area contributed by atoms with Crippen molar-refractivity contribution in [2.75, 3.05) is 5.33 Å². The van der Waals surface area contributed by atoms with E-state index in [4.69, 9.17) is 5.11 Å². The summed E-state index contributed by atoms with van der Waals surface area (Å²) in [5.41, 5.74) is 2.80. The molecular weight excluding hydrogens is 284 g/mol. The van der Waals surface area contributed by atoms with Gasteiger partial charge in [0.05, 0.1) is 0 Å². The van der Waals surface area contributed by atoms with Crippen LogP contribution in [-0.4, -0.2) is 21.5 Å². The molecule has 1 unspecified atom stereocenters. The molecule has 1 atom stereocenters. The molecule has 0 saturated heterocycles. The topological polar surface area (TPSA) is 57.5 Å². The van der Waals surface area contributed by atoms with E-state index in [1.165, 1.54) is 5.56 Å². The van der Waals surface area contributed by atoms with Gasteiger partial charge in [0.2, 0.25) is 0 Å². The van der Waals surface area contributed by atoms with Crippen LogP contribution in [0, 0.1) is 0 Å². The van der Waals surface area contributed by atoms with Crippen molar-refractivity contribution in [2.45, 2.75) is 32.3 Å². The van der Waals surface area contributed by atoms with E-state index in [0.717, 1.165) is 30.2 Å². The van der Waals surface area contributed by atoms with Crippen LogP contribution in [0.3, 0.4) is 0 Å². The third kappa shape index (κ3) is 3.82. The predicted octanol–water partition coefficient (Wildman–Crippen LogP) is 2.69. The van der Waals surface area contributed by atoms with Crippen LogP contribution < -0.4 is 0 Å². The van der Waals surface area contributed by atoms with Gasteiger partial charge in [-0.05, 0) is 36.0 Å². The van der Waals surface area contributed by atoms with Gasteiger partial charge >= 0.3 is 5.97 Å². The SMILES string of the molecule is CCc1cc(C(O)C(=O)O)ccc1CCCBr. The Bertz CT molecular complexity index is 390. The fraction of sp³-hybridized carbons (Fsp3) is 0.462. The second-order valence-corrected chi connectivity index (χ2v) is 4.71. The van der Waals surface area contributed by atoms with Crippen molar-refractivity contribution in [1.82, 2.24) is 0 Å². The van der Waals surface area contributed by atoms with Crippen molar-refractivity contribution in [2.24, 2.45) is 0 Å². The number of benzene rings is 1. The second-order valence-electron chi connectivity index (χ2n) is 3.92. The zero-order valence-corrected chi connectivity index (χ0v) is 11.4. The lowest BCUT2D eigenvalue weighted by molar-refractivity contribution is -0.146. The van der Waals surface area contributed by atoms with Crippen LogP contribution in [0.2, 0.25) is 0 Å². The first-order chi connectivity index (χ1) is 8.10. The molecule has 0 aliphatic heterocycles. The van der Waals surface area contributed by atoms with Crippen molar-refractivity contribution in [1.29, 1.82) is 0 Å². The molecule has 2 N–H and O–H groups in total. The van der Waals surface area contributed by atoms with Gasteiger partial charge in [0.25, 0.3) is 0 Å². The summed E-state index contributed by atoms with van der Waals surface area (Å²) in [5, 5.41) is 19.2. The summed E-state index contributed by atoms with van der Waals surface area (Å²) >= 11 is 3.39. The van der Waals surface area contributed by atoms with Crippen LogP contribution in [0.4, 0.5) is 0 Å². The van der Waals surface area contributed by atoms with E-state index in [0.29, 0.717) is 5.56 Å². The lowest BCUT2D eigenvalue weighted by atomic mass is 9.96. The zero-order chi connectivity index (χ0) is 12.8. The van der Waals surface area contributed by atoms with Crippen LogP contribution in [0.25, 0.3) is 0 Å². The molecule has 3 nitrogen and oxygen atoms in total. The number of carboxylic acid groups (broad SMARTS) is 1. The Labute approximate surface area is 110 Å². The smallest absolute Gasteiger partial charge is 0.337 e. The van der Waals surface area contributed by atoms with Gasteiger partial charge in [0.1, 0.15) is 0 Å². The van der Waals surface area contributed by atoms with Gasteiger partial charge in [-0.3, -0.25) is 0 Å². The van der Waals surface area contributed by atoms with Gasteiger partial charge in [0.15, 0.2) is 6.10 Å². The second kappa shape index (κ2) is 6.77. The summed E-state index contributed by atoms with van der Waals surface area (Å²) in [6.07, 6.45) is 1.44. The van der Waals surface area contributed by atoms with Crippen molar-refractivity contribution in [3.63, 3.8) is 0 Å². The standard InChI is InChI=1S/C13H17BrO3/c1-2-9-8-11(12(15)13(16)17)6-5-10(9)4-3-7-14/h5-6,8,12,15H,2-4,7H2,1H3,(H,16,17). The Kier molecular flexibility index (Phi) is 5.65. The van der Waals surface area contributed by atoms with Crippen molar-refractivity contribution in [3.05, 3.63) is 34.9 Å². The summed E-state index contributed by atoms with van der Waals surface area (Å²) in [5.74, 6) is -1.21. The largest absolute Gasteiger partial charge is 0.479 e. The molecule has 0 aliphatic rings. The van der Waals surface area contributed by atoms with Crippen LogP contribution in [-0.2, 0) is 17.6 Å². The lowest BCUT2D eigenvalue weighted by Gasteiger charge is -2.12. The minimum absolute atomic E-state index is 0.456. The Balaban J connectivity index is 2.95. The molecule has 0 fully saturated rings. The summed E-state index contributed by atoms with van der Waals surface area (Å²) in [4.78, 5) is 10.7. The van der Waals surface area contributed by atoms with E-state index >= 15 is 0 Å².